The Labute approximate surface area is 167 Å². The molecule has 8 heteroatoms. The zero-order valence-corrected chi connectivity index (χ0v) is 16.1. The lowest BCUT2D eigenvalue weighted by Crippen LogP contribution is -2.52. The van der Waals surface area contributed by atoms with Gasteiger partial charge < -0.3 is 10.2 Å². The van der Waals surface area contributed by atoms with Crippen LogP contribution in [0.3, 0.4) is 0 Å². The maximum absolute atomic E-state index is 10.3. The van der Waals surface area contributed by atoms with Crippen molar-refractivity contribution in [2.24, 2.45) is 11.8 Å². The molecule has 0 radical (unpaired) electrons. The van der Waals surface area contributed by atoms with Gasteiger partial charge in [0.15, 0.2) is 5.82 Å². The number of benzene rings is 1. The minimum atomic E-state index is -0.244. The lowest BCUT2D eigenvalue weighted by Gasteiger charge is -2.50. The van der Waals surface area contributed by atoms with Crippen LogP contribution in [0.25, 0.3) is 11.0 Å². The molecule has 0 spiro atoms. The van der Waals surface area contributed by atoms with E-state index in [-0.39, 0.29) is 5.92 Å². The summed E-state index contributed by atoms with van der Waals surface area (Å²) in [7, 11) is 2.21. The van der Waals surface area contributed by atoms with Crippen LogP contribution in [0.2, 0.25) is 0 Å². The van der Waals surface area contributed by atoms with Gasteiger partial charge in [0, 0.05) is 36.0 Å². The number of nitrogens with one attached hydrogen (secondary N) is 2. The molecule has 3 aromatic rings. The van der Waals surface area contributed by atoms with Crippen molar-refractivity contribution in [3.05, 3.63) is 46.8 Å². The SMILES string of the molecule is CN1CC2CCC1C(C1=C(C#N)C(c3cccc4nonc34)c3c[nH]nc3N1)C2. The smallest absolute Gasteiger partial charge is 0.156 e. The van der Waals surface area contributed by atoms with E-state index in [0.717, 1.165) is 41.2 Å². The van der Waals surface area contributed by atoms with Crippen LogP contribution in [0.1, 0.15) is 36.3 Å². The van der Waals surface area contributed by atoms with Gasteiger partial charge in [-0.25, -0.2) is 4.63 Å². The summed E-state index contributed by atoms with van der Waals surface area (Å²) in [6, 6.07) is 8.81. The molecule has 1 saturated carbocycles. The van der Waals surface area contributed by atoms with Crippen molar-refractivity contribution < 1.29 is 4.63 Å². The first-order chi connectivity index (χ1) is 14.2. The summed E-state index contributed by atoms with van der Waals surface area (Å²) in [5.74, 6) is 1.54. The maximum Gasteiger partial charge on any atom is 0.156 e. The largest absolute Gasteiger partial charge is 0.341 e. The number of fused-ring (bicyclic) bond motifs is 5. The normalized spacial score (nSPS) is 29.0. The molecule has 7 rings (SSSR count). The number of nitriles is 1. The fraction of sp³-hybridized carbons (Fsp3) is 0.429. The Bertz CT molecular complexity index is 1170. The highest BCUT2D eigenvalue weighted by molar-refractivity contribution is 5.80. The van der Waals surface area contributed by atoms with E-state index >= 15 is 0 Å². The van der Waals surface area contributed by atoms with Gasteiger partial charge in [-0.2, -0.15) is 10.4 Å². The van der Waals surface area contributed by atoms with E-state index in [1.165, 1.54) is 12.8 Å². The van der Waals surface area contributed by atoms with Gasteiger partial charge in [0.05, 0.1) is 17.6 Å². The second-order valence-corrected chi connectivity index (χ2v) is 8.46. The monoisotopic (exact) mass is 387 g/mol. The second-order valence-electron chi connectivity index (χ2n) is 8.46. The second kappa shape index (κ2) is 6.16. The number of hydrogen-bond donors (Lipinski definition) is 2. The van der Waals surface area contributed by atoms with Gasteiger partial charge in [0.2, 0.25) is 0 Å². The van der Waals surface area contributed by atoms with Crippen molar-refractivity contribution in [3.8, 4) is 6.07 Å². The van der Waals surface area contributed by atoms with Crippen molar-refractivity contribution >= 4 is 16.9 Å². The molecule has 1 aliphatic carbocycles. The van der Waals surface area contributed by atoms with Crippen molar-refractivity contribution in [2.75, 3.05) is 18.9 Å². The molecule has 8 nitrogen and oxygen atoms in total. The molecule has 4 atom stereocenters. The number of anilines is 1. The molecule has 2 saturated heterocycles. The highest BCUT2D eigenvalue weighted by Crippen LogP contribution is 2.48. The number of allylic oxidation sites excluding steroid dienone is 1. The molecule has 4 aliphatic rings. The van der Waals surface area contributed by atoms with Crippen molar-refractivity contribution in [1.29, 1.82) is 5.26 Å². The van der Waals surface area contributed by atoms with Crippen molar-refractivity contribution in [1.82, 2.24) is 25.4 Å². The lowest BCUT2D eigenvalue weighted by atomic mass is 9.69. The highest BCUT2D eigenvalue weighted by atomic mass is 16.6. The molecule has 0 amide bonds. The average molecular weight is 387 g/mol. The van der Waals surface area contributed by atoms with E-state index in [1.54, 1.807) is 0 Å². The molecule has 1 aromatic carbocycles. The van der Waals surface area contributed by atoms with E-state index < -0.39 is 0 Å². The van der Waals surface area contributed by atoms with Crippen LogP contribution in [-0.2, 0) is 0 Å². The van der Waals surface area contributed by atoms with Gasteiger partial charge in [-0.15, -0.1) is 0 Å². The van der Waals surface area contributed by atoms with Gasteiger partial charge in [0.1, 0.15) is 11.0 Å². The Balaban J connectivity index is 1.55. The molecule has 3 fully saturated rings. The average Bonchev–Trinajstić information content (AvgIpc) is 3.41. The van der Waals surface area contributed by atoms with E-state index in [4.69, 9.17) is 4.63 Å². The predicted molar refractivity (Wildman–Crippen MR) is 106 cm³/mol. The van der Waals surface area contributed by atoms with Gasteiger partial charge in [0.25, 0.3) is 0 Å². The summed E-state index contributed by atoms with van der Waals surface area (Å²) < 4.78 is 4.99. The van der Waals surface area contributed by atoms with E-state index in [2.05, 4.69) is 43.8 Å². The standard InChI is InChI=1S/C21H21N7O/c1-28-10-11-5-6-17(28)13(7-11)19-14(8-22)18(15-9-23-25-21(15)24-19)12-3-2-4-16-20(12)27-29-26-16/h2-4,9,11,13,17-18H,5-7,10H2,1H3,(H2,23,24,25). The van der Waals surface area contributed by atoms with E-state index in [0.29, 0.717) is 28.9 Å². The van der Waals surface area contributed by atoms with Crippen LogP contribution < -0.4 is 5.32 Å². The zero-order valence-electron chi connectivity index (χ0n) is 16.1. The lowest BCUT2D eigenvalue weighted by molar-refractivity contribution is 0.0350. The summed E-state index contributed by atoms with van der Waals surface area (Å²) >= 11 is 0. The Hall–Kier alpha value is -3.18. The first-order valence-electron chi connectivity index (χ1n) is 10.1. The van der Waals surface area contributed by atoms with Gasteiger partial charge in [-0.05, 0) is 54.2 Å². The summed E-state index contributed by atoms with van der Waals surface area (Å²) in [5, 5.41) is 29.4. The quantitative estimate of drug-likeness (QED) is 0.696. The van der Waals surface area contributed by atoms with Crippen LogP contribution in [0, 0.1) is 23.2 Å². The Kier molecular flexibility index (Phi) is 3.56. The van der Waals surface area contributed by atoms with Gasteiger partial charge in [-0.3, -0.25) is 5.10 Å². The summed E-state index contributed by atoms with van der Waals surface area (Å²) in [6.07, 6.45) is 5.44. The zero-order chi connectivity index (χ0) is 19.5. The Morgan fingerprint density at radius 1 is 1.24 bits per heavy atom. The number of H-pyrrole nitrogens is 1. The van der Waals surface area contributed by atoms with Crippen molar-refractivity contribution in [2.45, 2.75) is 31.2 Å². The molecule has 2 bridgehead atoms. The number of aromatic amines is 1. The first-order valence-corrected chi connectivity index (χ1v) is 10.1. The fourth-order valence-electron chi connectivity index (χ4n) is 5.71. The van der Waals surface area contributed by atoms with Gasteiger partial charge in [-0.1, -0.05) is 12.1 Å². The Morgan fingerprint density at radius 2 is 2.17 bits per heavy atom. The molecular weight excluding hydrogens is 366 g/mol. The molecule has 3 aliphatic heterocycles. The predicted octanol–water partition coefficient (Wildman–Crippen LogP) is 3.01. The number of hydrogen-bond acceptors (Lipinski definition) is 7. The highest BCUT2D eigenvalue weighted by Gasteiger charge is 2.44. The summed E-state index contributed by atoms with van der Waals surface area (Å²) in [4.78, 5) is 2.46. The summed E-state index contributed by atoms with van der Waals surface area (Å²) in [5.41, 5.74) is 5.04. The molecule has 29 heavy (non-hydrogen) atoms. The minimum absolute atomic E-state index is 0.244. The molecule has 2 aromatic heterocycles. The van der Waals surface area contributed by atoms with Crippen LogP contribution in [0.15, 0.2) is 40.3 Å². The third-order valence-corrected chi connectivity index (χ3v) is 6.97. The third-order valence-electron chi connectivity index (χ3n) is 6.97. The molecular formula is C21H21N7O. The first kappa shape index (κ1) is 16.7. The molecule has 2 N–H and O–H groups in total. The van der Waals surface area contributed by atoms with Crippen LogP contribution in [0.5, 0.6) is 0 Å². The molecule has 5 heterocycles. The van der Waals surface area contributed by atoms with E-state index in [9.17, 15) is 5.26 Å². The number of piperidine rings is 2. The minimum Gasteiger partial charge on any atom is -0.341 e. The third kappa shape index (κ3) is 2.37. The topological polar surface area (TPSA) is 107 Å². The maximum atomic E-state index is 10.3. The number of nitrogens with zero attached hydrogens (tertiary/aromatic N) is 5. The van der Waals surface area contributed by atoms with Crippen LogP contribution in [-0.4, -0.2) is 45.0 Å². The van der Waals surface area contributed by atoms with E-state index in [1.807, 2.05) is 24.4 Å². The summed E-state index contributed by atoms with van der Waals surface area (Å²) in [6.45, 7) is 1.15. The van der Waals surface area contributed by atoms with Crippen LogP contribution in [0.4, 0.5) is 5.82 Å². The van der Waals surface area contributed by atoms with Crippen LogP contribution >= 0.6 is 0 Å². The fourth-order valence-corrected chi connectivity index (χ4v) is 5.71. The number of rotatable bonds is 2. The van der Waals surface area contributed by atoms with Gasteiger partial charge >= 0.3 is 0 Å². The number of aromatic nitrogens is 4. The molecule has 4 unspecified atom stereocenters. The Morgan fingerprint density at radius 3 is 3.00 bits per heavy atom. The molecule has 146 valence electrons. The van der Waals surface area contributed by atoms with Crippen molar-refractivity contribution in [3.63, 3.8) is 0 Å².